The predicted molar refractivity (Wildman–Crippen MR) is 120 cm³/mol. The van der Waals surface area contributed by atoms with Crippen molar-refractivity contribution in [2.45, 2.75) is 134 Å². The fourth-order valence-corrected chi connectivity index (χ4v) is 3.76. The molecule has 0 heterocycles. The molecule has 9 heteroatoms. The van der Waals surface area contributed by atoms with Crippen molar-refractivity contribution in [3.05, 3.63) is 0 Å². The highest BCUT2D eigenvalue weighted by Crippen LogP contribution is 2.30. The van der Waals surface area contributed by atoms with Gasteiger partial charge < -0.3 is 29.5 Å². The van der Waals surface area contributed by atoms with E-state index < -0.39 is 54.5 Å². The molecule has 0 bridgehead atoms. The molecule has 0 unspecified atom stereocenters. The van der Waals surface area contributed by atoms with Crippen LogP contribution in [0.1, 0.15) is 97.8 Å². The molecule has 192 valence electrons. The minimum absolute atomic E-state index is 0.0907. The van der Waals surface area contributed by atoms with Gasteiger partial charge in [-0.25, -0.2) is 0 Å². The number of ether oxygens (including phenoxy) is 3. The molecule has 0 aromatic rings. The summed E-state index contributed by atoms with van der Waals surface area (Å²) in [5, 5.41) is 31.4. The van der Waals surface area contributed by atoms with E-state index in [0.29, 0.717) is 19.3 Å². The molecular weight excluding hydrogens is 432 g/mol. The molecule has 0 aliphatic heterocycles. The number of hydrogen-bond acceptors (Lipinski definition) is 9. The van der Waals surface area contributed by atoms with Crippen molar-refractivity contribution < 1.29 is 43.9 Å². The number of unbranched alkanes of at least 4 members (excludes halogenated alkanes) is 6. The van der Waals surface area contributed by atoms with Gasteiger partial charge in [0.2, 0.25) is 0 Å². The quantitative estimate of drug-likeness (QED) is 0.186. The van der Waals surface area contributed by atoms with Gasteiger partial charge in [0.05, 0.1) is 0 Å². The topological polar surface area (TPSA) is 140 Å². The van der Waals surface area contributed by atoms with Crippen molar-refractivity contribution in [3.63, 3.8) is 0 Å². The molecule has 1 aliphatic rings. The zero-order chi connectivity index (χ0) is 24.8. The van der Waals surface area contributed by atoms with Crippen LogP contribution < -0.4 is 0 Å². The molecule has 9 nitrogen and oxygen atoms in total. The monoisotopic (exact) mass is 474 g/mol. The van der Waals surface area contributed by atoms with Crippen molar-refractivity contribution in [3.8, 4) is 0 Å². The van der Waals surface area contributed by atoms with E-state index in [9.17, 15) is 29.7 Å². The molecule has 0 spiro atoms. The van der Waals surface area contributed by atoms with Crippen LogP contribution in [0.4, 0.5) is 0 Å². The van der Waals surface area contributed by atoms with Gasteiger partial charge in [0.1, 0.15) is 18.3 Å². The largest absolute Gasteiger partial charge is 0.455 e. The Morgan fingerprint density at radius 3 is 1.12 bits per heavy atom. The molecule has 3 N–H and O–H groups in total. The third kappa shape index (κ3) is 9.98. The average molecular weight is 475 g/mol. The number of aliphatic hydroxyl groups excluding tert-OH is 3. The van der Waals surface area contributed by atoms with Gasteiger partial charge in [-0.2, -0.15) is 0 Å². The highest BCUT2D eigenvalue weighted by Gasteiger charge is 2.55. The van der Waals surface area contributed by atoms with Crippen LogP contribution in [-0.4, -0.2) is 69.9 Å². The van der Waals surface area contributed by atoms with Crippen LogP contribution >= 0.6 is 0 Å². The summed E-state index contributed by atoms with van der Waals surface area (Å²) in [6.45, 7) is 5.96. The van der Waals surface area contributed by atoms with E-state index in [1.807, 2.05) is 20.8 Å². The zero-order valence-corrected chi connectivity index (χ0v) is 20.2. The van der Waals surface area contributed by atoms with Crippen LogP contribution in [0.5, 0.6) is 0 Å². The van der Waals surface area contributed by atoms with Crippen molar-refractivity contribution >= 4 is 17.9 Å². The molecule has 1 saturated carbocycles. The third-order valence-electron chi connectivity index (χ3n) is 5.78. The summed E-state index contributed by atoms with van der Waals surface area (Å²) in [4.78, 5) is 37.1. The van der Waals surface area contributed by atoms with E-state index in [2.05, 4.69) is 0 Å². The van der Waals surface area contributed by atoms with E-state index in [4.69, 9.17) is 14.2 Å². The molecule has 0 amide bonds. The number of esters is 3. The standard InChI is InChI=1S/C24H42O9/c1-4-7-10-13-16(25)31-22-20(29)19(28)21(30)23(32-17(26)14-11-8-5-2)24(22)33-18(27)15-12-9-6-3/h19-24,28-30H,4-15H2,1-3H3/t19-,20-,21-,22+,23-,24-/m1/s1. The molecule has 0 aromatic heterocycles. The summed E-state index contributed by atoms with van der Waals surface area (Å²) in [5.41, 5.74) is 0. The molecule has 0 saturated heterocycles. The van der Waals surface area contributed by atoms with Crippen molar-refractivity contribution in [2.24, 2.45) is 0 Å². The van der Waals surface area contributed by atoms with Crippen LogP contribution in [-0.2, 0) is 28.6 Å². The van der Waals surface area contributed by atoms with Gasteiger partial charge in [0, 0.05) is 19.3 Å². The molecule has 1 aliphatic carbocycles. The lowest BCUT2D eigenvalue weighted by Crippen LogP contribution is -2.66. The van der Waals surface area contributed by atoms with Gasteiger partial charge in [-0.1, -0.05) is 59.3 Å². The highest BCUT2D eigenvalue weighted by molar-refractivity contribution is 5.71. The Hall–Kier alpha value is -1.71. The fraction of sp³-hybridized carbons (Fsp3) is 0.875. The number of hydrogen-bond donors (Lipinski definition) is 3. The number of carbonyl (C=O) groups excluding carboxylic acids is 3. The van der Waals surface area contributed by atoms with Gasteiger partial charge in [-0.15, -0.1) is 0 Å². The summed E-state index contributed by atoms with van der Waals surface area (Å²) in [7, 11) is 0. The van der Waals surface area contributed by atoms with E-state index >= 15 is 0 Å². The summed E-state index contributed by atoms with van der Waals surface area (Å²) in [6.07, 6.45) is -2.37. The lowest BCUT2D eigenvalue weighted by atomic mass is 9.84. The smallest absolute Gasteiger partial charge is 0.306 e. The normalized spacial score (nSPS) is 27.1. The van der Waals surface area contributed by atoms with Gasteiger partial charge in [0.25, 0.3) is 0 Å². The van der Waals surface area contributed by atoms with Crippen molar-refractivity contribution in [1.29, 1.82) is 0 Å². The van der Waals surface area contributed by atoms with Crippen LogP contribution in [0.15, 0.2) is 0 Å². The van der Waals surface area contributed by atoms with Gasteiger partial charge in [-0.05, 0) is 19.3 Å². The maximum absolute atomic E-state index is 12.4. The molecule has 1 rings (SSSR count). The minimum Gasteiger partial charge on any atom is -0.455 e. The average Bonchev–Trinajstić information content (AvgIpc) is 2.78. The van der Waals surface area contributed by atoms with Gasteiger partial charge >= 0.3 is 17.9 Å². The maximum Gasteiger partial charge on any atom is 0.306 e. The molecule has 33 heavy (non-hydrogen) atoms. The van der Waals surface area contributed by atoms with Crippen LogP contribution in [0, 0.1) is 0 Å². The molecule has 0 aromatic carbocycles. The van der Waals surface area contributed by atoms with E-state index in [0.717, 1.165) is 38.5 Å². The first-order valence-corrected chi connectivity index (χ1v) is 12.4. The van der Waals surface area contributed by atoms with Crippen molar-refractivity contribution in [2.75, 3.05) is 0 Å². The first kappa shape index (κ1) is 29.3. The van der Waals surface area contributed by atoms with E-state index in [1.165, 1.54) is 0 Å². The van der Waals surface area contributed by atoms with Gasteiger partial charge in [0.15, 0.2) is 18.3 Å². The SMILES string of the molecule is CCCCCC(=O)O[C@H]1[C@H](OC(=O)CCCCC)[C@H](O)[C@H](O)[C@@H](O)[C@@H]1OC(=O)CCCCC. The first-order valence-electron chi connectivity index (χ1n) is 12.4. The molecular formula is C24H42O9. The maximum atomic E-state index is 12.4. The minimum atomic E-state index is -1.75. The number of aliphatic hydroxyl groups is 3. The molecule has 1 fully saturated rings. The summed E-state index contributed by atoms with van der Waals surface area (Å²) >= 11 is 0. The first-order chi connectivity index (χ1) is 15.8. The third-order valence-corrected chi connectivity index (χ3v) is 5.78. The second-order valence-electron chi connectivity index (χ2n) is 8.71. The lowest BCUT2D eigenvalue weighted by Gasteiger charge is -2.44. The second kappa shape index (κ2) is 16.0. The Morgan fingerprint density at radius 1 is 0.515 bits per heavy atom. The Labute approximate surface area is 196 Å². The van der Waals surface area contributed by atoms with Crippen molar-refractivity contribution in [1.82, 2.24) is 0 Å². The predicted octanol–water partition coefficient (Wildman–Crippen LogP) is 2.56. The molecule has 6 atom stereocenters. The Morgan fingerprint density at radius 2 is 0.818 bits per heavy atom. The Kier molecular flexibility index (Phi) is 14.2. The Balaban J connectivity index is 3.04. The van der Waals surface area contributed by atoms with Crippen LogP contribution in [0.2, 0.25) is 0 Å². The summed E-state index contributed by atoms with van der Waals surface area (Å²) in [6, 6.07) is 0. The summed E-state index contributed by atoms with van der Waals surface area (Å²) in [5.74, 6) is -1.88. The zero-order valence-electron chi connectivity index (χ0n) is 20.2. The van der Waals surface area contributed by atoms with Crippen LogP contribution in [0.3, 0.4) is 0 Å². The fourth-order valence-electron chi connectivity index (χ4n) is 3.76. The van der Waals surface area contributed by atoms with Gasteiger partial charge in [-0.3, -0.25) is 14.4 Å². The Bertz CT molecular complexity index is 556. The highest BCUT2D eigenvalue weighted by atomic mass is 16.6. The van der Waals surface area contributed by atoms with E-state index in [-0.39, 0.29) is 19.3 Å². The number of carbonyl (C=O) groups is 3. The lowest BCUT2D eigenvalue weighted by molar-refractivity contribution is -0.248. The summed E-state index contributed by atoms with van der Waals surface area (Å²) < 4.78 is 16.3. The van der Waals surface area contributed by atoms with Crippen LogP contribution in [0.25, 0.3) is 0 Å². The number of rotatable bonds is 15. The second-order valence-corrected chi connectivity index (χ2v) is 8.71. The van der Waals surface area contributed by atoms with E-state index in [1.54, 1.807) is 0 Å². The molecule has 0 radical (unpaired) electrons.